The number of phosphoric ester groups is 1. The summed E-state index contributed by atoms with van der Waals surface area (Å²) in [5.41, 5.74) is 0.946. The van der Waals surface area contributed by atoms with Gasteiger partial charge >= 0.3 is 59.1 Å². The molecule has 0 saturated carbocycles. The van der Waals surface area contributed by atoms with Gasteiger partial charge in [0.1, 0.15) is 25.1 Å². The number of methoxy groups -OCH3 is 1. The minimum atomic E-state index is -5.21. The summed E-state index contributed by atoms with van der Waals surface area (Å²) in [6.07, 6.45) is 0. The molecule has 1 heterocycles. The van der Waals surface area contributed by atoms with Crippen LogP contribution in [0.15, 0.2) is 42.5 Å². The molecule has 136 valence electrons. The fourth-order valence-corrected chi connectivity index (χ4v) is 2.93. The first-order chi connectivity index (χ1) is 12.3. The van der Waals surface area contributed by atoms with Crippen LogP contribution in [0.25, 0.3) is 22.3 Å². The van der Waals surface area contributed by atoms with Gasteiger partial charge in [-0.05, 0) is 30.3 Å². The van der Waals surface area contributed by atoms with Crippen molar-refractivity contribution in [1.29, 1.82) is 0 Å². The van der Waals surface area contributed by atoms with Crippen LogP contribution in [-0.2, 0) is 4.57 Å². The molecule has 0 fully saturated rings. The van der Waals surface area contributed by atoms with E-state index in [0.29, 0.717) is 22.6 Å². The van der Waals surface area contributed by atoms with Crippen LogP contribution < -0.4 is 83.1 Å². The number of benzene rings is 2. The van der Waals surface area contributed by atoms with Crippen molar-refractivity contribution in [2.45, 2.75) is 0 Å². The molecular formula is C17H16N3Na2O5P. The number of phosphoric acid groups is 1. The average Bonchev–Trinajstić information content (AvgIpc) is 2.59. The molecule has 0 spiro atoms. The summed E-state index contributed by atoms with van der Waals surface area (Å²) in [5.74, 6) is 1.42. The smallest absolute Gasteiger partial charge is 0.780 e. The third-order valence-electron chi connectivity index (χ3n) is 3.64. The maximum Gasteiger partial charge on any atom is 1.00 e. The standard InChI is InChI=1S/C17H18N3O5P.2Na/c1-20(2)17-13-10-11(24-3)8-9-14(13)18-16(19-17)12-6-4-5-7-15(12)25-26(21,22)23;;/h4-10H,1-3H3,(H2,21,22,23);;/q;2*+1/p-2. The number of rotatable bonds is 5. The Hall–Kier alpha value is -0.670. The van der Waals surface area contributed by atoms with Gasteiger partial charge in [-0.25, -0.2) is 9.97 Å². The van der Waals surface area contributed by atoms with E-state index in [4.69, 9.17) is 4.74 Å². The second kappa shape index (κ2) is 10.4. The summed E-state index contributed by atoms with van der Waals surface area (Å²) >= 11 is 0. The molecule has 3 rings (SSSR count). The van der Waals surface area contributed by atoms with E-state index in [-0.39, 0.29) is 70.7 Å². The summed E-state index contributed by atoms with van der Waals surface area (Å²) in [5, 5.41) is 0.773. The van der Waals surface area contributed by atoms with Crippen LogP contribution in [0.5, 0.6) is 11.5 Å². The molecule has 0 unspecified atom stereocenters. The Morgan fingerprint density at radius 2 is 1.71 bits per heavy atom. The van der Waals surface area contributed by atoms with Crippen molar-refractivity contribution in [2.24, 2.45) is 0 Å². The van der Waals surface area contributed by atoms with E-state index in [0.717, 1.165) is 5.39 Å². The van der Waals surface area contributed by atoms with Crippen LogP contribution in [-0.4, -0.2) is 31.2 Å². The Kier molecular flexibility index (Phi) is 9.41. The number of hydrogen-bond donors (Lipinski definition) is 0. The van der Waals surface area contributed by atoms with E-state index >= 15 is 0 Å². The summed E-state index contributed by atoms with van der Waals surface area (Å²) in [6.45, 7) is 0. The Morgan fingerprint density at radius 3 is 2.32 bits per heavy atom. The van der Waals surface area contributed by atoms with Crippen molar-refractivity contribution >= 4 is 24.5 Å². The Balaban J connectivity index is 0.00000196. The van der Waals surface area contributed by atoms with Gasteiger partial charge in [-0.2, -0.15) is 0 Å². The van der Waals surface area contributed by atoms with Crippen LogP contribution in [0, 0.1) is 0 Å². The zero-order valence-corrected chi connectivity index (χ0v) is 21.3. The van der Waals surface area contributed by atoms with Crippen molar-refractivity contribution in [3.63, 3.8) is 0 Å². The van der Waals surface area contributed by atoms with Gasteiger partial charge in [0.25, 0.3) is 0 Å². The molecule has 11 heteroatoms. The molecule has 0 aliphatic heterocycles. The van der Waals surface area contributed by atoms with E-state index < -0.39 is 7.82 Å². The van der Waals surface area contributed by atoms with Gasteiger partial charge in [-0.15, -0.1) is 0 Å². The zero-order valence-electron chi connectivity index (χ0n) is 16.4. The molecule has 0 aliphatic carbocycles. The van der Waals surface area contributed by atoms with Gasteiger partial charge in [0.15, 0.2) is 5.82 Å². The minimum absolute atomic E-state index is 0. The van der Waals surface area contributed by atoms with Crippen molar-refractivity contribution in [3.8, 4) is 22.9 Å². The predicted octanol–water partition coefficient (Wildman–Crippen LogP) is -4.41. The van der Waals surface area contributed by atoms with E-state index in [9.17, 15) is 14.4 Å². The monoisotopic (exact) mass is 419 g/mol. The minimum Gasteiger partial charge on any atom is -0.780 e. The molecule has 0 bridgehead atoms. The number of fused-ring (bicyclic) bond motifs is 1. The SMILES string of the molecule is COc1ccc2nc(-c3ccccc3OP(=O)([O-])[O-])nc(N(C)C)c2c1.[Na+].[Na+]. The molecule has 2 aromatic carbocycles. The second-order valence-corrected chi connectivity index (χ2v) is 6.76. The molecule has 0 N–H and O–H groups in total. The molecule has 0 amide bonds. The molecule has 0 atom stereocenters. The fraction of sp³-hybridized carbons (Fsp3) is 0.176. The van der Waals surface area contributed by atoms with Crippen molar-refractivity contribution in [2.75, 3.05) is 26.1 Å². The van der Waals surface area contributed by atoms with Crippen molar-refractivity contribution in [1.82, 2.24) is 9.97 Å². The molecule has 1 aromatic heterocycles. The maximum atomic E-state index is 11.0. The largest absolute Gasteiger partial charge is 1.00 e. The van der Waals surface area contributed by atoms with Crippen LogP contribution in [0.1, 0.15) is 0 Å². The molecule has 0 saturated heterocycles. The Labute approximate surface area is 207 Å². The van der Waals surface area contributed by atoms with Crippen molar-refractivity contribution < 1.29 is 82.7 Å². The second-order valence-electron chi connectivity index (χ2n) is 5.68. The third-order valence-corrected chi connectivity index (χ3v) is 4.06. The molecule has 3 aromatic rings. The fourth-order valence-electron chi connectivity index (χ4n) is 2.53. The van der Waals surface area contributed by atoms with Crippen LogP contribution >= 0.6 is 7.82 Å². The number of ether oxygens (including phenoxy) is 1. The topological polar surface area (TPSA) is 111 Å². The predicted molar refractivity (Wildman–Crippen MR) is 94.1 cm³/mol. The van der Waals surface area contributed by atoms with Gasteiger partial charge in [-0.3, -0.25) is 0 Å². The third kappa shape index (κ3) is 5.92. The molecule has 8 nitrogen and oxygen atoms in total. The molecular weight excluding hydrogens is 403 g/mol. The van der Waals surface area contributed by atoms with E-state index in [1.807, 2.05) is 25.1 Å². The summed E-state index contributed by atoms with van der Waals surface area (Å²) < 4.78 is 20.8. The van der Waals surface area contributed by atoms with Crippen LogP contribution in [0.3, 0.4) is 0 Å². The average molecular weight is 419 g/mol. The number of aromatic nitrogens is 2. The summed E-state index contributed by atoms with van der Waals surface area (Å²) in [7, 11) is 0.0262. The zero-order chi connectivity index (χ0) is 18.9. The number of anilines is 1. The maximum absolute atomic E-state index is 11.0. The molecule has 0 aliphatic rings. The normalized spacial score (nSPS) is 10.6. The quantitative estimate of drug-likeness (QED) is 0.301. The molecule has 28 heavy (non-hydrogen) atoms. The van der Waals surface area contributed by atoms with Crippen LogP contribution in [0.4, 0.5) is 5.82 Å². The number of hydrogen-bond acceptors (Lipinski definition) is 8. The van der Waals surface area contributed by atoms with E-state index in [1.54, 1.807) is 37.4 Å². The van der Waals surface area contributed by atoms with Gasteiger partial charge in [0.05, 0.1) is 18.2 Å². The van der Waals surface area contributed by atoms with E-state index in [2.05, 4.69) is 14.5 Å². The number of para-hydroxylation sites is 1. The number of nitrogens with zero attached hydrogens (tertiary/aromatic N) is 3. The first-order valence-electron chi connectivity index (χ1n) is 7.62. The molecule has 0 radical (unpaired) electrons. The Morgan fingerprint density at radius 1 is 1.04 bits per heavy atom. The first-order valence-corrected chi connectivity index (χ1v) is 9.09. The van der Waals surface area contributed by atoms with Gasteiger partial charge < -0.3 is 28.5 Å². The van der Waals surface area contributed by atoms with E-state index in [1.165, 1.54) is 6.07 Å². The summed E-state index contributed by atoms with van der Waals surface area (Å²) in [6, 6.07) is 11.6. The van der Waals surface area contributed by atoms with Crippen molar-refractivity contribution in [3.05, 3.63) is 42.5 Å². The first kappa shape index (κ1) is 25.4. The Bertz CT molecular complexity index is 1010. The van der Waals surface area contributed by atoms with Gasteiger partial charge in [-0.1, -0.05) is 12.1 Å². The summed E-state index contributed by atoms with van der Waals surface area (Å²) in [4.78, 5) is 32.9. The van der Waals surface area contributed by atoms with Crippen LogP contribution in [0.2, 0.25) is 0 Å². The van der Waals surface area contributed by atoms with Gasteiger partial charge in [0, 0.05) is 19.5 Å². The van der Waals surface area contributed by atoms with Gasteiger partial charge in [0.2, 0.25) is 0 Å².